The molecule has 1 unspecified atom stereocenters. The van der Waals surface area contributed by atoms with Crippen LogP contribution in [-0.2, 0) is 16.0 Å². The number of carbonyl (C=O) groups is 2. The molecule has 0 bridgehead atoms. The number of hydrogen-bond acceptors (Lipinski definition) is 2. The van der Waals surface area contributed by atoms with E-state index in [0.717, 1.165) is 29.5 Å². The predicted octanol–water partition coefficient (Wildman–Crippen LogP) is 3.36. The van der Waals surface area contributed by atoms with E-state index in [0.29, 0.717) is 13.0 Å². The Morgan fingerprint density at radius 3 is 2.29 bits per heavy atom. The molecule has 1 aliphatic rings. The molecule has 2 aromatic carbocycles. The SMILES string of the molecule is O=C(O)C1CCCCN1C(=O)Cc1ccc(-c2ccccc2)cc1. The summed E-state index contributed by atoms with van der Waals surface area (Å²) in [6, 6.07) is 17.3. The predicted molar refractivity (Wildman–Crippen MR) is 92.6 cm³/mol. The molecule has 0 saturated carbocycles. The van der Waals surface area contributed by atoms with Gasteiger partial charge in [-0.3, -0.25) is 4.79 Å². The number of nitrogens with zero attached hydrogens (tertiary/aromatic N) is 1. The molecule has 4 heteroatoms. The summed E-state index contributed by atoms with van der Waals surface area (Å²) in [6.45, 7) is 0.540. The minimum absolute atomic E-state index is 0.102. The Kier molecular flexibility index (Phi) is 4.94. The summed E-state index contributed by atoms with van der Waals surface area (Å²) in [4.78, 5) is 25.4. The van der Waals surface area contributed by atoms with Crippen molar-refractivity contribution in [1.29, 1.82) is 0 Å². The van der Waals surface area contributed by atoms with Crippen LogP contribution in [0, 0.1) is 0 Å². The first-order valence-corrected chi connectivity index (χ1v) is 8.32. The van der Waals surface area contributed by atoms with Crippen molar-refractivity contribution in [1.82, 2.24) is 4.90 Å². The lowest BCUT2D eigenvalue weighted by Gasteiger charge is -2.33. The Morgan fingerprint density at radius 1 is 0.958 bits per heavy atom. The molecule has 24 heavy (non-hydrogen) atoms. The molecule has 0 aliphatic carbocycles. The maximum Gasteiger partial charge on any atom is 0.326 e. The number of amides is 1. The van der Waals surface area contributed by atoms with E-state index in [4.69, 9.17) is 0 Å². The van der Waals surface area contributed by atoms with Crippen molar-refractivity contribution in [2.75, 3.05) is 6.54 Å². The van der Waals surface area contributed by atoms with E-state index >= 15 is 0 Å². The smallest absolute Gasteiger partial charge is 0.326 e. The van der Waals surface area contributed by atoms with Crippen LogP contribution in [0.4, 0.5) is 0 Å². The first kappa shape index (κ1) is 16.2. The molecule has 1 atom stereocenters. The number of piperidine rings is 1. The van der Waals surface area contributed by atoms with Gasteiger partial charge in [-0.15, -0.1) is 0 Å². The van der Waals surface area contributed by atoms with Crippen LogP contribution in [0.25, 0.3) is 11.1 Å². The molecule has 0 aromatic heterocycles. The Morgan fingerprint density at radius 2 is 1.62 bits per heavy atom. The molecule has 0 spiro atoms. The first-order chi connectivity index (χ1) is 11.6. The normalized spacial score (nSPS) is 17.5. The lowest BCUT2D eigenvalue weighted by atomic mass is 9.99. The molecule has 1 fully saturated rings. The van der Waals surface area contributed by atoms with Crippen LogP contribution in [0.15, 0.2) is 54.6 Å². The van der Waals surface area contributed by atoms with Crippen molar-refractivity contribution in [2.45, 2.75) is 31.7 Å². The fourth-order valence-corrected chi connectivity index (χ4v) is 3.21. The average molecular weight is 323 g/mol. The molecule has 1 N–H and O–H groups in total. The number of benzene rings is 2. The lowest BCUT2D eigenvalue weighted by molar-refractivity contribution is -0.151. The zero-order valence-corrected chi connectivity index (χ0v) is 13.5. The molecule has 1 amide bonds. The Balaban J connectivity index is 1.69. The standard InChI is InChI=1S/C20H21NO3/c22-19(21-13-5-4-8-18(21)20(23)24)14-15-9-11-17(12-10-15)16-6-2-1-3-7-16/h1-3,6-7,9-12,18H,4-5,8,13-14H2,(H,23,24). The van der Waals surface area contributed by atoms with Gasteiger partial charge in [0.25, 0.3) is 0 Å². The van der Waals surface area contributed by atoms with Gasteiger partial charge < -0.3 is 10.0 Å². The summed E-state index contributed by atoms with van der Waals surface area (Å²) < 4.78 is 0. The zero-order valence-electron chi connectivity index (χ0n) is 13.5. The Labute approximate surface area is 141 Å². The molecule has 2 aromatic rings. The van der Waals surface area contributed by atoms with Gasteiger partial charge in [-0.1, -0.05) is 54.6 Å². The van der Waals surface area contributed by atoms with Gasteiger partial charge in [0.15, 0.2) is 0 Å². The summed E-state index contributed by atoms with van der Waals surface area (Å²) in [6.07, 6.45) is 2.54. The fourth-order valence-electron chi connectivity index (χ4n) is 3.21. The Hall–Kier alpha value is -2.62. The topological polar surface area (TPSA) is 57.6 Å². The molecule has 0 radical (unpaired) electrons. The van der Waals surface area contributed by atoms with E-state index in [-0.39, 0.29) is 12.3 Å². The highest BCUT2D eigenvalue weighted by molar-refractivity contribution is 5.85. The van der Waals surface area contributed by atoms with Gasteiger partial charge in [0, 0.05) is 6.54 Å². The number of carbonyl (C=O) groups excluding carboxylic acids is 1. The van der Waals surface area contributed by atoms with E-state index in [2.05, 4.69) is 0 Å². The van der Waals surface area contributed by atoms with Crippen LogP contribution in [0.5, 0.6) is 0 Å². The van der Waals surface area contributed by atoms with Gasteiger partial charge in [0.1, 0.15) is 6.04 Å². The summed E-state index contributed by atoms with van der Waals surface area (Å²) >= 11 is 0. The van der Waals surface area contributed by atoms with Crippen molar-refractivity contribution in [2.24, 2.45) is 0 Å². The monoisotopic (exact) mass is 323 g/mol. The van der Waals surface area contributed by atoms with Crippen LogP contribution in [0.1, 0.15) is 24.8 Å². The number of carboxylic acid groups (broad SMARTS) is 1. The van der Waals surface area contributed by atoms with E-state index in [1.807, 2.05) is 54.6 Å². The summed E-state index contributed by atoms with van der Waals surface area (Å²) in [5.41, 5.74) is 3.15. The van der Waals surface area contributed by atoms with Crippen molar-refractivity contribution in [3.05, 3.63) is 60.2 Å². The van der Waals surface area contributed by atoms with Crippen molar-refractivity contribution < 1.29 is 14.7 Å². The highest BCUT2D eigenvalue weighted by atomic mass is 16.4. The average Bonchev–Trinajstić information content (AvgIpc) is 2.63. The van der Waals surface area contributed by atoms with Crippen LogP contribution in [-0.4, -0.2) is 34.5 Å². The van der Waals surface area contributed by atoms with E-state index in [9.17, 15) is 14.7 Å². The van der Waals surface area contributed by atoms with Gasteiger partial charge in [-0.25, -0.2) is 4.79 Å². The van der Waals surface area contributed by atoms with Gasteiger partial charge in [0.2, 0.25) is 5.91 Å². The third-order valence-corrected chi connectivity index (χ3v) is 4.52. The van der Waals surface area contributed by atoms with Crippen LogP contribution < -0.4 is 0 Å². The maximum atomic E-state index is 12.5. The van der Waals surface area contributed by atoms with Crippen LogP contribution in [0.3, 0.4) is 0 Å². The maximum absolute atomic E-state index is 12.5. The van der Waals surface area contributed by atoms with Gasteiger partial charge in [-0.05, 0) is 36.0 Å². The molecular weight excluding hydrogens is 302 g/mol. The second kappa shape index (κ2) is 7.30. The van der Waals surface area contributed by atoms with E-state index < -0.39 is 12.0 Å². The number of likely N-dealkylation sites (tertiary alicyclic amines) is 1. The summed E-state index contributed by atoms with van der Waals surface area (Å²) in [5.74, 6) is -1.00. The second-order valence-electron chi connectivity index (χ2n) is 6.18. The number of aliphatic carboxylic acids is 1. The fraction of sp³-hybridized carbons (Fsp3) is 0.300. The minimum Gasteiger partial charge on any atom is -0.480 e. The van der Waals surface area contributed by atoms with E-state index in [1.165, 1.54) is 4.90 Å². The third kappa shape index (κ3) is 3.65. The number of rotatable bonds is 4. The summed E-state index contributed by atoms with van der Waals surface area (Å²) in [5, 5.41) is 9.29. The van der Waals surface area contributed by atoms with Crippen molar-refractivity contribution in [3.8, 4) is 11.1 Å². The molecule has 1 heterocycles. The highest BCUT2D eigenvalue weighted by Crippen LogP contribution is 2.21. The van der Waals surface area contributed by atoms with Crippen LogP contribution >= 0.6 is 0 Å². The molecule has 1 saturated heterocycles. The van der Waals surface area contributed by atoms with E-state index in [1.54, 1.807) is 0 Å². The van der Waals surface area contributed by atoms with Crippen molar-refractivity contribution in [3.63, 3.8) is 0 Å². The van der Waals surface area contributed by atoms with Gasteiger partial charge >= 0.3 is 5.97 Å². The first-order valence-electron chi connectivity index (χ1n) is 8.32. The summed E-state index contributed by atoms with van der Waals surface area (Å²) in [7, 11) is 0. The third-order valence-electron chi connectivity index (χ3n) is 4.52. The molecule has 3 rings (SSSR count). The molecule has 124 valence electrons. The number of carboxylic acids is 1. The van der Waals surface area contributed by atoms with Crippen molar-refractivity contribution >= 4 is 11.9 Å². The quantitative estimate of drug-likeness (QED) is 0.938. The van der Waals surface area contributed by atoms with Gasteiger partial charge in [0.05, 0.1) is 6.42 Å². The minimum atomic E-state index is -0.900. The number of hydrogen-bond donors (Lipinski definition) is 1. The van der Waals surface area contributed by atoms with Crippen LogP contribution in [0.2, 0.25) is 0 Å². The lowest BCUT2D eigenvalue weighted by Crippen LogP contribution is -2.48. The zero-order chi connectivity index (χ0) is 16.9. The Bertz CT molecular complexity index is 709. The molecular formula is C20H21NO3. The molecule has 1 aliphatic heterocycles. The molecule has 4 nitrogen and oxygen atoms in total. The van der Waals surface area contributed by atoms with Gasteiger partial charge in [-0.2, -0.15) is 0 Å². The largest absolute Gasteiger partial charge is 0.480 e. The highest BCUT2D eigenvalue weighted by Gasteiger charge is 2.31. The second-order valence-corrected chi connectivity index (χ2v) is 6.18.